The molecule has 132 valence electrons. The Morgan fingerprint density at radius 2 is 2.08 bits per heavy atom. The van der Waals surface area contributed by atoms with E-state index in [1.807, 2.05) is 12.1 Å². The van der Waals surface area contributed by atoms with Crippen LogP contribution < -0.4 is 10.2 Å². The lowest BCUT2D eigenvalue weighted by Crippen LogP contribution is -2.26. The summed E-state index contributed by atoms with van der Waals surface area (Å²) in [5.41, 5.74) is 1.10. The zero-order chi connectivity index (χ0) is 18.4. The summed E-state index contributed by atoms with van der Waals surface area (Å²) < 4.78 is 11.8. The molecule has 6 heteroatoms. The molecular formula is C20H16O6. The van der Waals surface area contributed by atoms with Crippen LogP contribution in [0.1, 0.15) is 24.7 Å². The van der Waals surface area contributed by atoms with Crippen molar-refractivity contribution in [2.45, 2.75) is 25.9 Å². The van der Waals surface area contributed by atoms with Crippen LogP contribution in [0, 0.1) is 0 Å². The number of rotatable bonds is 3. The molecule has 1 aromatic heterocycles. The van der Waals surface area contributed by atoms with Gasteiger partial charge in [-0.15, -0.1) is 0 Å². The number of fused-ring (bicyclic) bond motifs is 2. The molecule has 0 saturated carbocycles. The van der Waals surface area contributed by atoms with E-state index in [1.54, 1.807) is 12.1 Å². The van der Waals surface area contributed by atoms with Crippen molar-refractivity contribution < 1.29 is 24.2 Å². The molecular weight excluding hydrogens is 336 g/mol. The molecule has 1 aliphatic rings. The first-order chi connectivity index (χ1) is 12.4. The summed E-state index contributed by atoms with van der Waals surface area (Å²) in [6.45, 7) is 1.51. The number of hydrogen-bond acceptors (Lipinski definition) is 5. The van der Waals surface area contributed by atoms with Gasteiger partial charge in [-0.25, -0.2) is 0 Å². The van der Waals surface area contributed by atoms with Crippen LogP contribution in [0.3, 0.4) is 0 Å². The SMILES string of the molecule is CC(O)=Cc1cc2c3c(cc4cccc(=O)c4c3o1)CC(CC(=O)O)O2. The van der Waals surface area contributed by atoms with Crippen molar-refractivity contribution in [3.05, 3.63) is 57.6 Å². The Bertz CT molecular complexity index is 1130. The molecule has 6 nitrogen and oxygen atoms in total. The molecule has 0 saturated heterocycles. The fourth-order valence-corrected chi connectivity index (χ4v) is 3.47. The monoisotopic (exact) mass is 352 g/mol. The molecule has 0 aliphatic carbocycles. The molecule has 1 atom stereocenters. The lowest BCUT2D eigenvalue weighted by molar-refractivity contribution is -0.138. The number of benzene rings is 2. The normalized spacial score (nSPS) is 16.7. The van der Waals surface area contributed by atoms with Gasteiger partial charge in [0.25, 0.3) is 0 Å². The maximum absolute atomic E-state index is 12.4. The van der Waals surface area contributed by atoms with Crippen molar-refractivity contribution in [3.8, 4) is 5.75 Å². The second kappa shape index (κ2) is 5.91. The Labute approximate surface area is 147 Å². The van der Waals surface area contributed by atoms with Crippen molar-refractivity contribution in [3.63, 3.8) is 0 Å². The molecule has 2 aromatic carbocycles. The summed E-state index contributed by atoms with van der Waals surface area (Å²) in [4.78, 5) is 23.5. The summed E-state index contributed by atoms with van der Waals surface area (Å²) in [5.74, 6) is -0.119. The fraction of sp³-hybridized carbons (Fsp3) is 0.200. The molecule has 2 heterocycles. The van der Waals surface area contributed by atoms with Gasteiger partial charge >= 0.3 is 5.97 Å². The molecule has 0 bridgehead atoms. The largest absolute Gasteiger partial charge is 0.512 e. The molecule has 0 amide bonds. The smallest absolute Gasteiger partial charge is 0.307 e. The molecule has 1 aliphatic heterocycles. The van der Waals surface area contributed by atoms with Crippen LogP contribution in [-0.2, 0) is 11.2 Å². The van der Waals surface area contributed by atoms with Gasteiger partial charge in [0.05, 0.1) is 23.0 Å². The van der Waals surface area contributed by atoms with Crippen LogP contribution in [-0.4, -0.2) is 22.3 Å². The summed E-state index contributed by atoms with van der Waals surface area (Å²) in [6, 6.07) is 8.47. The Morgan fingerprint density at radius 3 is 2.81 bits per heavy atom. The van der Waals surface area contributed by atoms with E-state index in [-0.39, 0.29) is 17.6 Å². The van der Waals surface area contributed by atoms with Crippen molar-refractivity contribution in [1.82, 2.24) is 0 Å². The van der Waals surface area contributed by atoms with E-state index in [0.29, 0.717) is 34.3 Å². The highest BCUT2D eigenvalue weighted by molar-refractivity contribution is 6.08. The van der Waals surface area contributed by atoms with Crippen molar-refractivity contribution in [1.29, 1.82) is 0 Å². The molecule has 4 rings (SSSR count). The third-order valence-corrected chi connectivity index (χ3v) is 4.40. The van der Waals surface area contributed by atoms with Crippen LogP contribution in [0.5, 0.6) is 5.75 Å². The predicted molar refractivity (Wildman–Crippen MR) is 96.6 cm³/mol. The van der Waals surface area contributed by atoms with E-state index in [0.717, 1.165) is 10.9 Å². The van der Waals surface area contributed by atoms with Gasteiger partial charge in [0, 0.05) is 18.6 Å². The first kappa shape index (κ1) is 16.2. The second-order valence-corrected chi connectivity index (χ2v) is 6.43. The number of carboxylic acid groups (broad SMARTS) is 1. The van der Waals surface area contributed by atoms with E-state index in [2.05, 4.69) is 0 Å². The molecule has 3 aromatic rings. The van der Waals surface area contributed by atoms with Gasteiger partial charge in [-0.2, -0.15) is 0 Å². The van der Waals surface area contributed by atoms with E-state index < -0.39 is 12.1 Å². The highest BCUT2D eigenvalue weighted by Crippen LogP contribution is 2.40. The number of hydrogen-bond donors (Lipinski definition) is 2. The van der Waals surface area contributed by atoms with Gasteiger partial charge in [-0.05, 0) is 30.0 Å². The van der Waals surface area contributed by atoms with Crippen molar-refractivity contribution >= 4 is 33.8 Å². The van der Waals surface area contributed by atoms with E-state index >= 15 is 0 Å². The summed E-state index contributed by atoms with van der Waals surface area (Å²) in [7, 11) is 0. The first-order valence-corrected chi connectivity index (χ1v) is 8.20. The van der Waals surface area contributed by atoms with Crippen LogP contribution >= 0.6 is 0 Å². The minimum Gasteiger partial charge on any atom is -0.512 e. The zero-order valence-electron chi connectivity index (χ0n) is 14.0. The van der Waals surface area contributed by atoms with Gasteiger partial charge < -0.3 is 19.4 Å². The van der Waals surface area contributed by atoms with Crippen LogP contribution in [0.2, 0.25) is 0 Å². The van der Waals surface area contributed by atoms with E-state index in [9.17, 15) is 14.7 Å². The zero-order valence-corrected chi connectivity index (χ0v) is 14.0. The van der Waals surface area contributed by atoms with Gasteiger partial charge in [0.1, 0.15) is 23.2 Å². The number of carbonyl (C=O) groups is 1. The van der Waals surface area contributed by atoms with Crippen LogP contribution in [0.15, 0.2) is 45.3 Å². The molecule has 0 fully saturated rings. The lowest BCUT2D eigenvalue weighted by Gasteiger charge is -2.26. The number of allylic oxidation sites excluding steroid dienone is 1. The van der Waals surface area contributed by atoms with Crippen LogP contribution in [0.4, 0.5) is 0 Å². The Balaban J connectivity index is 2.07. The molecule has 2 N–H and O–H groups in total. The predicted octanol–water partition coefficient (Wildman–Crippen LogP) is 3.64. The van der Waals surface area contributed by atoms with Crippen molar-refractivity contribution in [2.75, 3.05) is 0 Å². The first-order valence-electron chi connectivity index (χ1n) is 8.20. The maximum Gasteiger partial charge on any atom is 0.307 e. The highest BCUT2D eigenvalue weighted by atomic mass is 16.5. The third kappa shape index (κ3) is 2.69. The minimum atomic E-state index is -0.940. The Morgan fingerprint density at radius 1 is 1.27 bits per heavy atom. The van der Waals surface area contributed by atoms with Crippen molar-refractivity contribution in [2.24, 2.45) is 0 Å². The van der Waals surface area contributed by atoms with Gasteiger partial charge in [-0.1, -0.05) is 12.1 Å². The lowest BCUT2D eigenvalue weighted by atomic mass is 9.94. The quantitative estimate of drug-likeness (QED) is 0.552. The highest BCUT2D eigenvalue weighted by Gasteiger charge is 2.27. The van der Waals surface area contributed by atoms with E-state index in [1.165, 1.54) is 19.1 Å². The average Bonchev–Trinajstić information content (AvgIpc) is 2.53. The molecule has 26 heavy (non-hydrogen) atoms. The molecule has 0 radical (unpaired) electrons. The average molecular weight is 352 g/mol. The number of ether oxygens (including phenoxy) is 1. The molecule has 1 unspecified atom stereocenters. The number of aliphatic hydroxyl groups excluding tert-OH is 1. The number of carboxylic acids is 1. The van der Waals surface area contributed by atoms with Gasteiger partial charge in [0.15, 0.2) is 5.43 Å². The Kier molecular flexibility index (Phi) is 3.68. The van der Waals surface area contributed by atoms with Gasteiger partial charge in [0.2, 0.25) is 0 Å². The third-order valence-electron chi connectivity index (χ3n) is 4.40. The standard InChI is InChI=1S/C20H16O6/c1-10(21)5-13-8-16-19-12(7-14(25-16)9-17(23)24)6-11-3-2-4-15(22)18(11)20(19)26-13/h2-6,8,14,21H,7,9H2,1H3,(H,23,24). The fourth-order valence-electron chi connectivity index (χ4n) is 3.47. The van der Waals surface area contributed by atoms with Crippen LogP contribution in [0.25, 0.3) is 27.8 Å². The van der Waals surface area contributed by atoms with E-state index in [4.69, 9.17) is 14.3 Å². The summed E-state index contributed by atoms with van der Waals surface area (Å²) in [5, 5.41) is 20.5. The molecule has 0 spiro atoms. The maximum atomic E-state index is 12.4. The Hall–Kier alpha value is -3.28. The van der Waals surface area contributed by atoms with Gasteiger partial charge in [-0.3, -0.25) is 9.59 Å². The second-order valence-electron chi connectivity index (χ2n) is 6.43. The number of aliphatic carboxylic acids is 1. The minimum absolute atomic E-state index is 0.0426. The number of aliphatic hydroxyl groups is 1. The summed E-state index contributed by atoms with van der Waals surface area (Å²) >= 11 is 0. The topological polar surface area (TPSA) is 97.0 Å². The summed E-state index contributed by atoms with van der Waals surface area (Å²) in [6.07, 6.45) is 1.20.